The molecular weight excluding hydrogens is 326 g/mol. The summed E-state index contributed by atoms with van der Waals surface area (Å²) in [5.74, 6) is 0.142. The lowest BCUT2D eigenvalue weighted by molar-refractivity contribution is 0.0611. The Kier molecular flexibility index (Phi) is 4.39. The topological polar surface area (TPSA) is 20.3 Å². The standard InChI is InChI=1S/C18H18BrNO/c19-16-11-9-14(10-12-16)17-8-4-5-13-20(17)18(21)15-6-2-1-3-7-15/h1-3,6-7,9-12,17H,4-5,8,13H2. The summed E-state index contributed by atoms with van der Waals surface area (Å²) in [5, 5.41) is 0. The Bertz CT molecular complexity index is 609. The Hall–Kier alpha value is -1.61. The molecule has 1 fully saturated rings. The van der Waals surface area contributed by atoms with Gasteiger partial charge in [-0.1, -0.05) is 46.3 Å². The molecule has 3 rings (SSSR count). The molecule has 21 heavy (non-hydrogen) atoms. The minimum Gasteiger partial charge on any atom is -0.332 e. The Balaban J connectivity index is 1.88. The zero-order chi connectivity index (χ0) is 14.7. The Morgan fingerprint density at radius 2 is 1.71 bits per heavy atom. The molecule has 1 unspecified atom stereocenters. The van der Waals surface area contributed by atoms with E-state index in [-0.39, 0.29) is 11.9 Å². The van der Waals surface area contributed by atoms with Crippen LogP contribution in [0, 0.1) is 0 Å². The third-order valence-electron chi connectivity index (χ3n) is 4.04. The van der Waals surface area contributed by atoms with Crippen LogP contribution in [0.2, 0.25) is 0 Å². The summed E-state index contributed by atoms with van der Waals surface area (Å²) in [6.45, 7) is 0.842. The zero-order valence-electron chi connectivity index (χ0n) is 11.8. The molecule has 0 aliphatic carbocycles. The number of carbonyl (C=O) groups is 1. The van der Waals surface area contributed by atoms with Gasteiger partial charge in [0.1, 0.15) is 0 Å². The number of hydrogen-bond acceptors (Lipinski definition) is 1. The summed E-state index contributed by atoms with van der Waals surface area (Å²) in [7, 11) is 0. The molecule has 1 amide bonds. The Morgan fingerprint density at radius 3 is 2.43 bits per heavy atom. The van der Waals surface area contributed by atoms with E-state index >= 15 is 0 Å². The van der Waals surface area contributed by atoms with Gasteiger partial charge in [0.05, 0.1) is 6.04 Å². The fraction of sp³-hybridized carbons (Fsp3) is 0.278. The lowest BCUT2D eigenvalue weighted by Crippen LogP contribution is -2.38. The highest BCUT2D eigenvalue weighted by atomic mass is 79.9. The molecule has 0 spiro atoms. The van der Waals surface area contributed by atoms with Crippen LogP contribution in [0.4, 0.5) is 0 Å². The van der Waals surface area contributed by atoms with Crippen LogP contribution in [0.25, 0.3) is 0 Å². The zero-order valence-corrected chi connectivity index (χ0v) is 13.4. The van der Waals surface area contributed by atoms with Crippen LogP contribution in [-0.4, -0.2) is 17.4 Å². The highest BCUT2D eigenvalue weighted by Crippen LogP contribution is 2.32. The van der Waals surface area contributed by atoms with Gasteiger partial charge in [-0.25, -0.2) is 0 Å². The van der Waals surface area contributed by atoms with Crippen molar-refractivity contribution in [1.82, 2.24) is 4.90 Å². The van der Waals surface area contributed by atoms with Crippen molar-refractivity contribution in [3.63, 3.8) is 0 Å². The molecule has 1 aliphatic heterocycles. The van der Waals surface area contributed by atoms with Crippen molar-refractivity contribution >= 4 is 21.8 Å². The first kappa shape index (κ1) is 14.3. The van der Waals surface area contributed by atoms with E-state index < -0.39 is 0 Å². The molecule has 0 radical (unpaired) electrons. The van der Waals surface area contributed by atoms with Crippen LogP contribution in [0.3, 0.4) is 0 Å². The largest absolute Gasteiger partial charge is 0.332 e. The van der Waals surface area contributed by atoms with Gasteiger partial charge >= 0.3 is 0 Å². The molecule has 108 valence electrons. The smallest absolute Gasteiger partial charge is 0.254 e. The molecule has 1 atom stereocenters. The van der Waals surface area contributed by atoms with Gasteiger partial charge in [-0.2, -0.15) is 0 Å². The van der Waals surface area contributed by atoms with Gasteiger partial charge < -0.3 is 4.90 Å². The summed E-state index contributed by atoms with van der Waals surface area (Å²) in [6.07, 6.45) is 3.31. The molecule has 2 aromatic rings. The number of likely N-dealkylation sites (tertiary alicyclic amines) is 1. The summed E-state index contributed by atoms with van der Waals surface area (Å²) in [6, 6.07) is 18.1. The van der Waals surface area contributed by atoms with Gasteiger partial charge in [0, 0.05) is 16.6 Å². The van der Waals surface area contributed by atoms with Crippen molar-refractivity contribution in [2.75, 3.05) is 6.54 Å². The summed E-state index contributed by atoms with van der Waals surface area (Å²) in [5.41, 5.74) is 2.00. The van der Waals surface area contributed by atoms with Crippen molar-refractivity contribution in [1.29, 1.82) is 0 Å². The quantitative estimate of drug-likeness (QED) is 0.765. The molecule has 1 aliphatic rings. The predicted molar refractivity (Wildman–Crippen MR) is 88.2 cm³/mol. The van der Waals surface area contributed by atoms with Crippen LogP contribution in [0.15, 0.2) is 59.1 Å². The lowest BCUT2D eigenvalue weighted by atomic mass is 9.94. The van der Waals surface area contributed by atoms with E-state index in [9.17, 15) is 4.79 Å². The number of nitrogens with zero attached hydrogens (tertiary/aromatic N) is 1. The second-order valence-corrected chi connectivity index (χ2v) is 6.34. The first-order valence-corrected chi connectivity index (χ1v) is 8.16. The predicted octanol–water partition coefficient (Wildman–Crippen LogP) is 4.82. The molecule has 0 aromatic heterocycles. The number of amides is 1. The Morgan fingerprint density at radius 1 is 1.00 bits per heavy atom. The van der Waals surface area contributed by atoms with E-state index in [1.165, 1.54) is 12.0 Å². The van der Waals surface area contributed by atoms with Crippen LogP contribution < -0.4 is 0 Å². The molecular formula is C18H18BrNO. The first-order chi connectivity index (χ1) is 10.3. The van der Waals surface area contributed by atoms with Gasteiger partial charge in [0.15, 0.2) is 0 Å². The van der Waals surface area contributed by atoms with Crippen LogP contribution in [0.1, 0.15) is 41.2 Å². The molecule has 3 heteroatoms. The minimum atomic E-state index is 0.142. The van der Waals surface area contributed by atoms with E-state index in [1.54, 1.807) is 0 Å². The molecule has 0 bridgehead atoms. The van der Waals surface area contributed by atoms with Gasteiger partial charge in [-0.15, -0.1) is 0 Å². The number of halogens is 1. The number of rotatable bonds is 2. The van der Waals surface area contributed by atoms with Crippen molar-refractivity contribution in [3.05, 3.63) is 70.2 Å². The third-order valence-corrected chi connectivity index (χ3v) is 4.57. The van der Waals surface area contributed by atoms with Gasteiger partial charge in [-0.05, 0) is 49.1 Å². The molecule has 1 saturated heterocycles. The monoisotopic (exact) mass is 343 g/mol. The van der Waals surface area contributed by atoms with Crippen molar-refractivity contribution < 1.29 is 4.79 Å². The highest BCUT2D eigenvalue weighted by Gasteiger charge is 2.28. The SMILES string of the molecule is O=C(c1ccccc1)N1CCCCC1c1ccc(Br)cc1. The Labute approximate surface area is 133 Å². The third kappa shape index (κ3) is 3.18. The number of benzene rings is 2. The van der Waals surface area contributed by atoms with Crippen LogP contribution in [0.5, 0.6) is 0 Å². The van der Waals surface area contributed by atoms with E-state index in [1.807, 2.05) is 35.2 Å². The van der Waals surface area contributed by atoms with E-state index in [0.717, 1.165) is 29.4 Å². The summed E-state index contributed by atoms with van der Waals surface area (Å²) in [4.78, 5) is 14.8. The molecule has 2 nitrogen and oxygen atoms in total. The van der Waals surface area contributed by atoms with Crippen molar-refractivity contribution in [2.45, 2.75) is 25.3 Å². The highest BCUT2D eigenvalue weighted by molar-refractivity contribution is 9.10. The molecule has 0 saturated carbocycles. The van der Waals surface area contributed by atoms with Gasteiger partial charge in [-0.3, -0.25) is 4.79 Å². The molecule has 2 aromatic carbocycles. The number of carbonyl (C=O) groups excluding carboxylic acids is 1. The summed E-state index contributed by atoms with van der Waals surface area (Å²) < 4.78 is 1.07. The summed E-state index contributed by atoms with van der Waals surface area (Å²) >= 11 is 3.47. The second kappa shape index (κ2) is 6.44. The average molecular weight is 344 g/mol. The first-order valence-electron chi connectivity index (χ1n) is 7.37. The van der Waals surface area contributed by atoms with Crippen LogP contribution >= 0.6 is 15.9 Å². The number of piperidine rings is 1. The van der Waals surface area contributed by atoms with Gasteiger partial charge in [0.25, 0.3) is 5.91 Å². The minimum absolute atomic E-state index is 0.142. The van der Waals surface area contributed by atoms with Crippen LogP contribution in [-0.2, 0) is 0 Å². The van der Waals surface area contributed by atoms with E-state index in [2.05, 4.69) is 40.2 Å². The van der Waals surface area contributed by atoms with Crippen molar-refractivity contribution in [2.24, 2.45) is 0 Å². The maximum Gasteiger partial charge on any atom is 0.254 e. The maximum atomic E-state index is 12.8. The van der Waals surface area contributed by atoms with E-state index in [0.29, 0.717) is 0 Å². The van der Waals surface area contributed by atoms with E-state index in [4.69, 9.17) is 0 Å². The second-order valence-electron chi connectivity index (χ2n) is 5.43. The average Bonchev–Trinajstić information content (AvgIpc) is 2.56. The number of hydrogen-bond donors (Lipinski definition) is 0. The molecule has 0 N–H and O–H groups in total. The normalized spacial score (nSPS) is 18.5. The maximum absolute atomic E-state index is 12.8. The van der Waals surface area contributed by atoms with Crippen molar-refractivity contribution in [3.8, 4) is 0 Å². The molecule has 1 heterocycles. The lowest BCUT2D eigenvalue weighted by Gasteiger charge is -2.36. The fourth-order valence-corrected chi connectivity index (χ4v) is 3.22. The van der Waals surface area contributed by atoms with Gasteiger partial charge in [0.2, 0.25) is 0 Å². The fourth-order valence-electron chi connectivity index (χ4n) is 2.95.